The number of ether oxygens (including phenoxy) is 3. The summed E-state index contributed by atoms with van der Waals surface area (Å²) in [4.78, 5) is 51.5. The van der Waals surface area contributed by atoms with Gasteiger partial charge in [-0.05, 0) is 75.4 Å². The molecule has 1 aliphatic carbocycles. The number of aldehydes is 1. The van der Waals surface area contributed by atoms with Crippen LogP contribution in [-0.4, -0.2) is 70.5 Å². The summed E-state index contributed by atoms with van der Waals surface area (Å²) in [7, 11) is 2.71. The third-order valence-corrected chi connectivity index (χ3v) is 9.70. The third-order valence-electron chi connectivity index (χ3n) is 9.31. The lowest BCUT2D eigenvalue weighted by Gasteiger charge is -2.29. The van der Waals surface area contributed by atoms with E-state index in [-0.39, 0.29) is 48.6 Å². The van der Waals surface area contributed by atoms with Crippen molar-refractivity contribution in [2.45, 2.75) is 76.9 Å². The number of hydrogen-bond donors (Lipinski definition) is 2. The molecule has 1 fully saturated rings. The zero-order valence-corrected chi connectivity index (χ0v) is 31.6. The van der Waals surface area contributed by atoms with Crippen LogP contribution in [0.4, 0.5) is 23.8 Å². The van der Waals surface area contributed by atoms with Crippen molar-refractivity contribution in [1.29, 1.82) is 0 Å². The van der Waals surface area contributed by atoms with Crippen molar-refractivity contribution in [1.82, 2.24) is 25.2 Å². The van der Waals surface area contributed by atoms with Crippen LogP contribution in [0, 0.1) is 0 Å². The van der Waals surface area contributed by atoms with E-state index in [9.17, 15) is 27.6 Å². The average Bonchev–Trinajstić information content (AvgIpc) is 3.75. The highest BCUT2D eigenvalue weighted by Crippen LogP contribution is 2.44. The van der Waals surface area contributed by atoms with E-state index >= 15 is 0 Å². The Morgan fingerprint density at radius 2 is 1.80 bits per heavy atom. The SMILES string of the molecule is COc1nc(N[C@H]2CCc3c(-c4nccc(-c5ccc(CN(C[C@@H]6CCC(=O)N6)C(=O)OC(C)(C)C)c(OC)n5)c4Cl)cccc32)c(C(F)(F)F)cc1C=O. The summed E-state index contributed by atoms with van der Waals surface area (Å²) in [5.41, 5.74) is 2.30. The first kappa shape index (κ1) is 39.3. The van der Waals surface area contributed by atoms with E-state index in [1.165, 1.54) is 19.1 Å². The number of methoxy groups -OCH3 is 2. The molecule has 2 aliphatic rings. The molecule has 2 atom stereocenters. The molecule has 12 nitrogen and oxygen atoms in total. The van der Waals surface area contributed by atoms with Gasteiger partial charge in [-0.2, -0.15) is 18.2 Å². The maximum absolute atomic E-state index is 14.1. The monoisotopic (exact) mass is 780 g/mol. The Kier molecular flexibility index (Phi) is 11.2. The Morgan fingerprint density at radius 3 is 2.45 bits per heavy atom. The van der Waals surface area contributed by atoms with Crippen LogP contribution in [0.25, 0.3) is 22.5 Å². The first-order chi connectivity index (χ1) is 26.1. The lowest BCUT2D eigenvalue weighted by Crippen LogP contribution is -2.43. The standard InChI is InChI=1S/C39H40ClF3N6O6/c1-38(2,3)55-37(52)49(19-23-10-14-31(51)45-23)18-21-9-12-30(47-35(21)53-4)27-15-16-44-33(32(27)40)26-8-6-7-25-24(26)11-13-29(25)46-34-28(39(41,42)43)17-22(20-50)36(48-34)54-5/h6-9,12,15-17,20,23,29H,10-11,13-14,18-19H2,1-5H3,(H,45,51)(H,46,48)/t23-,29-/m0/s1. The number of rotatable bonds is 11. The minimum absolute atomic E-state index is 0.0663. The van der Waals surface area contributed by atoms with Crippen molar-refractivity contribution in [3.63, 3.8) is 0 Å². The topological polar surface area (TPSA) is 145 Å². The van der Waals surface area contributed by atoms with Gasteiger partial charge in [0.1, 0.15) is 11.4 Å². The van der Waals surface area contributed by atoms with Gasteiger partial charge in [0.15, 0.2) is 6.29 Å². The van der Waals surface area contributed by atoms with Crippen molar-refractivity contribution in [2.24, 2.45) is 0 Å². The number of fused-ring (bicyclic) bond motifs is 1. The highest BCUT2D eigenvalue weighted by Gasteiger charge is 2.38. The first-order valence-corrected chi connectivity index (χ1v) is 17.9. The van der Waals surface area contributed by atoms with Crippen molar-refractivity contribution in [3.8, 4) is 34.3 Å². The quantitative estimate of drug-likeness (QED) is 0.145. The summed E-state index contributed by atoms with van der Waals surface area (Å²) in [6.07, 6.45) is -1.50. The highest BCUT2D eigenvalue weighted by molar-refractivity contribution is 6.35. The number of aromatic nitrogens is 3. The highest BCUT2D eigenvalue weighted by atomic mass is 35.5. The third kappa shape index (κ3) is 8.61. The van der Waals surface area contributed by atoms with Gasteiger partial charge in [-0.15, -0.1) is 0 Å². The summed E-state index contributed by atoms with van der Waals surface area (Å²) >= 11 is 7.07. The molecule has 3 aromatic heterocycles. The van der Waals surface area contributed by atoms with Gasteiger partial charge >= 0.3 is 12.3 Å². The smallest absolute Gasteiger partial charge is 0.419 e. The molecule has 0 radical (unpaired) electrons. The van der Waals surface area contributed by atoms with Crippen LogP contribution in [0.3, 0.4) is 0 Å². The number of carbonyl (C=O) groups excluding carboxylic acids is 3. The molecule has 4 aromatic rings. The number of amides is 2. The molecule has 4 heterocycles. The molecule has 2 N–H and O–H groups in total. The van der Waals surface area contributed by atoms with Crippen molar-refractivity contribution in [3.05, 3.63) is 81.5 Å². The number of pyridine rings is 3. The van der Waals surface area contributed by atoms with Gasteiger partial charge in [0.05, 0.1) is 54.3 Å². The summed E-state index contributed by atoms with van der Waals surface area (Å²) < 4.78 is 58.6. The number of anilines is 1. The fourth-order valence-electron chi connectivity index (χ4n) is 6.84. The van der Waals surface area contributed by atoms with Gasteiger partial charge in [-0.3, -0.25) is 14.6 Å². The van der Waals surface area contributed by atoms with Gasteiger partial charge in [-0.25, -0.2) is 9.78 Å². The summed E-state index contributed by atoms with van der Waals surface area (Å²) in [6.45, 7) is 5.68. The minimum atomic E-state index is -4.78. The number of nitrogens with zero attached hydrogens (tertiary/aromatic N) is 4. The number of carbonyl (C=O) groups is 3. The summed E-state index contributed by atoms with van der Waals surface area (Å²) in [6, 6.07) is 10.7. The number of alkyl halides is 3. The molecular weight excluding hydrogens is 741 g/mol. The van der Waals surface area contributed by atoms with Crippen LogP contribution in [-0.2, 0) is 28.7 Å². The molecule has 0 bridgehead atoms. The molecule has 1 aliphatic heterocycles. The summed E-state index contributed by atoms with van der Waals surface area (Å²) in [5, 5.41) is 6.15. The lowest BCUT2D eigenvalue weighted by molar-refractivity contribution is -0.137. The molecule has 290 valence electrons. The van der Waals surface area contributed by atoms with E-state index in [1.54, 1.807) is 51.2 Å². The van der Waals surface area contributed by atoms with E-state index in [4.69, 9.17) is 30.8 Å². The second-order valence-electron chi connectivity index (χ2n) is 14.3. The number of benzene rings is 1. The van der Waals surface area contributed by atoms with E-state index in [2.05, 4.69) is 20.6 Å². The van der Waals surface area contributed by atoms with E-state index in [1.807, 2.05) is 12.1 Å². The predicted molar refractivity (Wildman–Crippen MR) is 198 cm³/mol. The van der Waals surface area contributed by atoms with E-state index < -0.39 is 35.3 Å². The minimum Gasteiger partial charge on any atom is -0.481 e. The van der Waals surface area contributed by atoms with Crippen LogP contribution in [0.15, 0.2) is 48.7 Å². The average molecular weight is 781 g/mol. The van der Waals surface area contributed by atoms with Crippen molar-refractivity contribution < 1.29 is 41.8 Å². The van der Waals surface area contributed by atoms with Crippen LogP contribution in [0.2, 0.25) is 5.02 Å². The lowest BCUT2D eigenvalue weighted by atomic mass is 9.98. The van der Waals surface area contributed by atoms with Crippen LogP contribution < -0.4 is 20.1 Å². The molecule has 1 aromatic carbocycles. The van der Waals surface area contributed by atoms with Gasteiger partial charge in [0, 0.05) is 41.9 Å². The van der Waals surface area contributed by atoms with Gasteiger partial charge < -0.3 is 29.7 Å². The second kappa shape index (κ2) is 15.7. The van der Waals surface area contributed by atoms with Crippen LogP contribution in [0.5, 0.6) is 11.8 Å². The van der Waals surface area contributed by atoms with Gasteiger partial charge in [0.25, 0.3) is 0 Å². The molecular formula is C39H40ClF3N6O6. The first-order valence-electron chi connectivity index (χ1n) is 17.6. The Bertz CT molecular complexity index is 2130. The maximum atomic E-state index is 14.1. The number of nitrogens with one attached hydrogen (secondary N) is 2. The van der Waals surface area contributed by atoms with Crippen molar-refractivity contribution >= 4 is 35.7 Å². The Labute approximate surface area is 320 Å². The Hall–Kier alpha value is -5.44. The van der Waals surface area contributed by atoms with Crippen LogP contribution in [0.1, 0.15) is 78.7 Å². The largest absolute Gasteiger partial charge is 0.481 e. The zero-order chi connectivity index (χ0) is 39.7. The summed E-state index contributed by atoms with van der Waals surface area (Å²) in [5.74, 6) is -0.471. The van der Waals surface area contributed by atoms with Crippen LogP contribution >= 0.6 is 11.6 Å². The molecule has 0 spiro atoms. The predicted octanol–water partition coefficient (Wildman–Crippen LogP) is 7.82. The fourth-order valence-corrected chi connectivity index (χ4v) is 7.15. The zero-order valence-electron chi connectivity index (χ0n) is 30.8. The molecule has 55 heavy (non-hydrogen) atoms. The molecule has 6 rings (SSSR count). The Balaban J connectivity index is 1.29. The van der Waals surface area contributed by atoms with Gasteiger partial charge in [0.2, 0.25) is 17.7 Å². The van der Waals surface area contributed by atoms with Crippen molar-refractivity contribution in [2.75, 3.05) is 26.1 Å². The number of halogens is 4. The molecule has 1 saturated heterocycles. The molecule has 16 heteroatoms. The fraction of sp³-hybridized carbons (Fsp3) is 0.385. The second-order valence-corrected chi connectivity index (χ2v) is 14.6. The van der Waals surface area contributed by atoms with Gasteiger partial charge in [-0.1, -0.05) is 29.8 Å². The Morgan fingerprint density at radius 1 is 1.04 bits per heavy atom. The molecule has 0 saturated carbocycles. The normalized spacial score (nSPS) is 16.6. The maximum Gasteiger partial charge on any atom is 0.419 e. The number of hydrogen-bond acceptors (Lipinski definition) is 10. The molecule has 0 unspecified atom stereocenters. The van der Waals surface area contributed by atoms with E-state index in [0.717, 1.165) is 17.2 Å². The van der Waals surface area contributed by atoms with E-state index in [0.29, 0.717) is 58.8 Å². The molecule has 2 amide bonds.